The number of benzene rings is 1. The second kappa shape index (κ2) is 4.99. The Kier molecular flexibility index (Phi) is 3.75. The Balaban J connectivity index is 2.30. The van der Waals surface area contributed by atoms with Gasteiger partial charge in [-0.15, -0.1) is 0 Å². The summed E-state index contributed by atoms with van der Waals surface area (Å²) in [6.07, 6.45) is 1.27. The normalized spacial score (nSPS) is 23.2. The van der Waals surface area contributed by atoms with E-state index in [4.69, 9.17) is 0 Å². The highest BCUT2D eigenvalue weighted by atomic mass is 32.2. The van der Waals surface area contributed by atoms with E-state index in [2.05, 4.69) is 0 Å². The summed E-state index contributed by atoms with van der Waals surface area (Å²) in [7, 11) is -3.38. The molecule has 100 valence electrons. The predicted octanol–water partition coefficient (Wildman–Crippen LogP) is 1.91. The molecule has 0 aliphatic carbocycles. The van der Waals surface area contributed by atoms with E-state index in [1.807, 2.05) is 6.92 Å². The molecule has 1 aliphatic rings. The molecule has 1 heterocycles. The van der Waals surface area contributed by atoms with E-state index in [1.54, 1.807) is 35.5 Å². The number of rotatable bonds is 3. The van der Waals surface area contributed by atoms with Crippen LogP contribution in [0, 0.1) is 0 Å². The first-order valence-corrected chi connectivity index (χ1v) is 7.67. The van der Waals surface area contributed by atoms with Crippen LogP contribution in [-0.4, -0.2) is 30.4 Å². The molecule has 1 aromatic carbocycles. The minimum absolute atomic E-state index is 0.0754. The number of hydrogen-bond donors (Lipinski definition) is 1. The van der Waals surface area contributed by atoms with Crippen molar-refractivity contribution in [3.8, 4) is 0 Å². The molecule has 5 heteroatoms. The Bertz CT molecular complexity index is 508. The predicted molar refractivity (Wildman–Crippen MR) is 69.7 cm³/mol. The molecule has 1 saturated heterocycles. The summed E-state index contributed by atoms with van der Waals surface area (Å²) in [4.78, 5) is 0.306. The lowest BCUT2D eigenvalue weighted by molar-refractivity contribution is 0.199. The maximum atomic E-state index is 12.4. The lowest BCUT2D eigenvalue weighted by Crippen LogP contribution is -2.33. The van der Waals surface area contributed by atoms with Crippen molar-refractivity contribution in [3.05, 3.63) is 29.8 Å². The number of aliphatic hydroxyl groups is 1. The average molecular weight is 269 g/mol. The van der Waals surface area contributed by atoms with Gasteiger partial charge in [0.2, 0.25) is 10.0 Å². The summed E-state index contributed by atoms with van der Waals surface area (Å²) in [6, 6.07) is 6.55. The molecule has 1 aliphatic heterocycles. The summed E-state index contributed by atoms with van der Waals surface area (Å²) in [6.45, 7) is 4.20. The monoisotopic (exact) mass is 269 g/mol. The fourth-order valence-corrected chi connectivity index (χ4v) is 4.02. The maximum absolute atomic E-state index is 12.4. The number of aliphatic hydroxyl groups excluding tert-OH is 1. The minimum atomic E-state index is -3.38. The van der Waals surface area contributed by atoms with Crippen molar-refractivity contribution in [2.45, 2.75) is 43.7 Å². The van der Waals surface area contributed by atoms with Crippen molar-refractivity contribution in [2.75, 3.05) is 6.54 Å². The van der Waals surface area contributed by atoms with Gasteiger partial charge in [0, 0.05) is 12.6 Å². The van der Waals surface area contributed by atoms with Gasteiger partial charge in [0.1, 0.15) is 0 Å². The Hall–Kier alpha value is -0.910. The topological polar surface area (TPSA) is 57.6 Å². The molecule has 0 aromatic heterocycles. The van der Waals surface area contributed by atoms with Gasteiger partial charge in [0.15, 0.2) is 0 Å². The van der Waals surface area contributed by atoms with Crippen LogP contribution in [-0.2, 0) is 10.0 Å². The summed E-state index contributed by atoms with van der Waals surface area (Å²) in [5.74, 6) is 0. The Morgan fingerprint density at radius 3 is 2.39 bits per heavy atom. The van der Waals surface area contributed by atoms with Gasteiger partial charge >= 0.3 is 0 Å². The summed E-state index contributed by atoms with van der Waals surface area (Å²) >= 11 is 0. The minimum Gasteiger partial charge on any atom is -0.389 e. The largest absolute Gasteiger partial charge is 0.389 e. The van der Waals surface area contributed by atoms with Gasteiger partial charge in [-0.25, -0.2) is 8.42 Å². The van der Waals surface area contributed by atoms with Gasteiger partial charge < -0.3 is 5.11 Å². The molecule has 0 bridgehead atoms. The highest BCUT2D eigenvalue weighted by Gasteiger charge is 2.32. The molecular formula is C13H19NO3S. The van der Waals surface area contributed by atoms with E-state index < -0.39 is 16.1 Å². The van der Waals surface area contributed by atoms with E-state index >= 15 is 0 Å². The first kappa shape index (κ1) is 13.5. The van der Waals surface area contributed by atoms with Crippen LogP contribution in [0.4, 0.5) is 0 Å². The van der Waals surface area contributed by atoms with Crippen molar-refractivity contribution in [1.29, 1.82) is 0 Å². The summed E-state index contributed by atoms with van der Waals surface area (Å²) in [5, 5.41) is 9.41. The second-order valence-electron chi connectivity index (χ2n) is 4.85. The van der Waals surface area contributed by atoms with Gasteiger partial charge in [0.25, 0.3) is 0 Å². The van der Waals surface area contributed by atoms with Crippen molar-refractivity contribution in [1.82, 2.24) is 4.31 Å². The Morgan fingerprint density at radius 2 is 1.94 bits per heavy atom. The highest BCUT2D eigenvalue weighted by Crippen LogP contribution is 2.26. The zero-order chi connectivity index (χ0) is 13.3. The summed E-state index contributed by atoms with van der Waals surface area (Å²) in [5.41, 5.74) is 0.725. The van der Waals surface area contributed by atoms with Crippen LogP contribution in [0.1, 0.15) is 38.4 Å². The van der Waals surface area contributed by atoms with E-state index in [0.717, 1.165) is 18.4 Å². The van der Waals surface area contributed by atoms with Crippen molar-refractivity contribution in [3.63, 3.8) is 0 Å². The first-order chi connectivity index (χ1) is 8.43. The van der Waals surface area contributed by atoms with Crippen LogP contribution in [0.3, 0.4) is 0 Å². The molecule has 0 spiro atoms. The van der Waals surface area contributed by atoms with Crippen LogP contribution in [0.15, 0.2) is 29.2 Å². The van der Waals surface area contributed by atoms with Crippen LogP contribution >= 0.6 is 0 Å². The third kappa shape index (κ3) is 2.43. The molecule has 1 fully saturated rings. The van der Waals surface area contributed by atoms with Crippen LogP contribution in [0.25, 0.3) is 0 Å². The van der Waals surface area contributed by atoms with Crippen molar-refractivity contribution < 1.29 is 13.5 Å². The lowest BCUT2D eigenvalue weighted by atomic mass is 10.1. The quantitative estimate of drug-likeness (QED) is 0.912. The fraction of sp³-hybridized carbons (Fsp3) is 0.538. The molecule has 0 radical (unpaired) electrons. The molecule has 0 amide bonds. The molecule has 2 atom stereocenters. The lowest BCUT2D eigenvalue weighted by Gasteiger charge is -2.21. The highest BCUT2D eigenvalue weighted by molar-refractivity contribution is 7.89. The van der Waals surface area contributed by atoms with E-state index in [0.29, 0.717) is 11.4 Å². The third-order valence-electron chi connectivity index (χ3n) is 3.46. The molecule has 2 unspecified atom stereocenters. The third-order valence-corrected chi connectivity index (χ3v) is 5.49. The van der Waals surface area contributed by atoms with Gasteiger partial charge in [0.05, 0.1) is 11.0 Å². The Labute approximate surface area is 108 Å². The van der Waals surface area contributed by atoms with Gasteiger partial charge in [-0.3, -0.25) is 0 Å². The van der Waals surface area contributed by atoms with E-state index in [-0.39, 0.29) is 6.04 Å². The number of nitrogens with zero attached hydrogens (tertiary/aromatic N) is 1. The van der Waals surface area contributed by atoms with Crippen LogP contribution in [0.2, 0.25) is 0 Å². The standard InChI is InChI=1S/C13H19NO3S/c1-10-4-3-9-14(10)18(16,17)13-7-5-12(6-8-13)11(2)15/h5-8,10-11,15H,3-4,9H2,1-2H3. The average Bonchev–Trinajstić information content (AvgIpc) is 2.76. The zero-order valence-electron chi connectivity index (χ0n) is 10.7. The van der Waals surface area contributed by atoms with Crippen molar-refractivity contribution >= 4 is 10.0 Å². The molecular weight excluding hydrogens is 250 g/mol. The van der Waals surface area contributed by atoms with Crippen LogP contribution in [0.5, 0.6) is 0 Å². The second-order valence-corrected chi connectivity index (χ2v) is 6.74. The summed E-state index contributed by atoms with van der Waals surface area (Å²) < 4.78 is 26.3. The molecule has 2 rings (SSSR count). The molecule has 1 N–H and O–H groups in total. The zero-order valence-corrected chi connectivity index (χ0v) is 11.5. The molecule has 1 aromatic rings. The van der Waals surface area contributed by atoms with Crippen molar-refractivity contribution in [2.24, 2.45) is 0 Å². The SMILES string of the molecule is CC(O)c1ccc(S(=O)(=O)N2CCCC2C)cc1. The Morgan fingerprint density at radius 1 is 1.33 bits per heavy atom. The van der Waals surface area contributed by atoms with Gasteiger partial charge in [-0.2, -0.15) is 4.31 Å². The number of hydrogen-bond acceptors (Lipinski definition) is 3. The van der Waals surface area contributed by atoms with E-state index in [9.17, 15) is 13.5 Å². The van der Waals surface area contributed by atoms with Crippen LogP contribution < -0.4 is 0 Å². The first-order valence-electron chi connectivity index (χ1n) is 6.23. The molecule has 0 saturated carbocycles. The van der Waals surface area contributed by atoms with Gasteiger partial charge in [-0.05, 0) is 44.4 Å². The fourth-order valence-electron chi connectivity index (χ4n) is 2.32. The smallest absolute Gasteiger partial charge is 0.243 e. The number of sulfonamides is 1. The molecule has 4 nitrogen and oxygen atoms in total. The molecule has 18 heavy (non-hydrogen) atoms. The maximum Gasteiger partial charge on any atom is 0.243 e. The van der Waals surface area contributed by atoms with Gasteiger partial charge in [-0.1, -0.05) is 12.1 Å². The van der Waals surface area contributed by atoms with E-state index in [1.165, 1.54) is 0 Å².